The van der Waals surface area contributed by atoms with E-state index in [1.807, 2.05) is 49.2 Å². The van der Waals surface area contributed by atoms with Crippen LogP contribution in [0.2, 0.25) is 0 Å². The summed E-state index contributed by atoms with van der Waals surface area (Å²) < 4.78 is 8.16. The number of nitrogens with zero attached hydrogens (tertiary/aromatic N) is 3. The standard InChI is InChI=1S/C28H29N3O3/c1-17-12-18(2)26-22(13-17)24(32)14-25(34-26)19-6-8-20(9-7-19)27(33)30-11-10-23-21(16-30)15-29-31(23)28(3,4)5/h6-9,12-15H,10-11,16H2,1-5H3. The van der Waals surface area contributed by atoms with E-state index in [4.69, 9.17) is 4.42 Å². The molecule has 174 valence electrons. The zero-order valence-corrected chi connectivity index (χ0v) is 20.3. The lowest BCUT2D eigenvalue weighted by Gasteiger charge is -2.30. The highest BCUT2D eigenvalue weighted by Crippen LogP contribution is 2.27. The molecule has 6 heteroatoms. The third-order valence-electron chi connectivity index (χ3n) is 6.43. The third kappa shape index (κ3) is 3.83. The first kappa shape index (κ1) is 22.1. The molecule has 0 saturated heterocycles. The number of rotatable bonds is 2. The summed E-state index contributed by atoms with van der Waals surface area (Å²) in [7, 11) is 0. The molecule has 0 aliphatic carbocycles. The Kier molecular flexibility index (Phi) is 5.19. The number of carbonyl (C=O) groups excluding carboxylic acids is 1. The third-order valence-corrected chi connectivity index (χ3v) is 6.43. The number of hydrogen-bond acceptors (Lipinski definition) is 4. The van der Waals surface area contributed by atoms with Gasteiger partial charge in [-0.2, -0.15) is 5.10 Å². The summed E-state index contributed by atoms with van der Waals surface area (Å²) in [5, 5.41) is 5.15. The molecule has 0 bridgehead atoms. The van der Waals surface area contributed by atoms with Crippen molar-refractivity contribution in [2.24, 2.45) is 0 Å². The molecule has 0 unspecified atom stereocenters. The van der Waals surface area contributed by atoms with Crippen LogP contribution in [0.5, 0.6) is 0 Å². The molecule has 4 aromatic rings. The average Bonchev–Trinajstić information content (AvgIpc) is 3.23. The van der Waals surface area contributed by atoms with Crippen LogP contribution in [0.15, 0.2) is 57.9 Å². The lowest BCUT2D eigenvalue weighted by molar-refractivity contribution is 0.0732. The lowest BCUT2D eigenvalue weighted by atomic mass is 10.0. The largest absolute Gasteiger partial charge is 0.456 e. The van der Waals surface area contributed by atoms with E-state index in [-0.39, 0.29) is 16.9 Å². The number of fused-ring (bicyclic) bond motifs is 2. The number of aromatic nitrogens is 2. The van der Waals surface area contributed by atoms with Crippen LogP contribution in [0.3, 0.4) is 0 Å². The number of amides is 1. The van der Waals surface area contributed by atoms with Crippen LogP contribution in [0, 0.1) is 13.8 Å². The van der Waals surface area contributed by atoms with E-state index in [0.717, 1.165) is 28.7 Å². The molecule has 1 aliphatic rings. The minimum Gasteiger partial charge on any atom is -0.456 e. The van der Waals surface area contributed by atoms with Gasteiger partial charge in [0.2, 0.25) is 0 Å². The van der Waals surface area contributed by atoms with Crippen LogP contribution in [0.25, 0.3) is 22.3 Å². The van der Waals surface area contributed by atoms with E-state index in [2.05, 4.69) is 30.6 Å². The highest BCUT2D eigenvalue weighted by molar-refractivity contribution is 5.95. The predicted octanol–water partition coefficient (Wildman–Crippen LogP) is 5.23. The molecule has 0 radical (unpaired) electrons. The quantitative estimate of drug-likeness (QED) is 0.415. The van der Waals surface area contributed by atoms with Crippen LogP contribution in [-0.2, 0) is 18.5 Å². The fourth-order valence-electron chi connectivity index (χ4n) is 4.79. The van der Waals surface area contributed by atoms with Crippen molar-refractivity contribution in [3.05, 3.63) is 86.8 Å². The molecular formula is C28H29N3O3. The van der Waals surface area contributed by atoms with Crippen LogP contribution >= 0.6 is 0 Å². The van der Waals surface area contributed by atoms with Gasteiger partial charge in [-0.1, -0.05) is 18.2 Å². The van der Waals surface area contributed by atoms with Gasteiger partial charge in [0.15, 0.2) is 5.43 Å². The first-order valence-electron chi connectivity index (χ1n) is 11.6. The topological polar surface area (TPSA) is 68.3 Å². The molecule has 1 amide bonds. The number of hydrogen-bond donors (Lipinski definition) is 0. The minimum atomic E-state index is -0.0786. The second-order valence-electron chi connectivity index (χ2n) is 10.2. The summed E-state index contributed by atoms with van der Waals surface area (Å²) >= 11 is 0. The van der Waals surface area contributed by atoms with Gasteiger partial charge in [0, 0.05) is 48.0 Å². The molecule has 0 N–H and O–H groups in total. The minimum absolute atomic E-state index is 0.00741. The van der Waals surface area contributed by atoms with E-state index in [0.29, 0.717) is 35.4 Å². The molecule has 5 rings (SSSR count). The van der Waals surface area contributed by atoms with Crippen LogP contribution in [0.4, 0.5) is 0 Å². The van der Waals surface area contributed by atoms with Crippen molar-refractivity contribution in [3.63, 3.8) is 0 Å². The fraction of sp³-hybridized carbons (Fsp3) is 0.321. The molecular weight excluding hydrogens is 426 g/mol. The normalized spacial score (nSPS) is 13.9. The van der Waals surface area contributed by atoms with Crippen molar-refractivity contribution in [3.8, 4) is 11.3 Å². The lowest BCUT2D eigenvalue weighted by Crippen LogP contribution is -2.37. The molecule has 1 aliphatic heterocycles. The molecule has 0 fully saturated rings. The van der Waals surface area contributed by atoms with Gasteiger partial charge < -0.3 is 9.32 Å². The molecule has 0 spiro atoms. The van der Waals surface area contributed by atoms with E-state index in [9.17, 15) is 9.59 Å². The fourth-order valence-corrected chi connectivity index (χ4v) is 4.79. The molecule has 2 aromatic heterocycles. The van der Waals surface area contributed by atoms with Gasteiger partial charge in [0.1, 0.15) is 11.3 Å². The van der Waals surface area contributed by atoms with Crippen LogP contribution in [0.1, 0.15) is 53.5 Å². The zero-order valence-electron chi connectivity index (χ0n) is 20.3. The summed E-state index contributed by atoms with van der Waals surface area (Å²) in [6.45, 7) is 11.5. The second-order valence-corrected chi connectivity index (χ2v) is 10.2. The van der Waals surface area contributed by atoms with Crippen LogP contribution in [-0.4, -0.2) is 27.1 Å². The van der Waals surface area contributed by atoms with Gasteiger partial charge in [-0.3, -0.25) is 14.3 Å². The Balaban J connectivity index is 1.39. The molecule has 34 heavy (non-hydrogen) atoms. The maximum Gasteiger partial charge on any atom is 0.254 e. The Morgan fingerprint density at radius 1 is 1.06 bits per heavy atom. The number of carbonyl (C=O) groups is 1. The van der Waals surface area contributed by atoms with Gasteiger partial charge in [-0.25, -0.2) is 0 Å². The zero-order chi connectivity index (χ0) is 24.2. The average molecular weight is 456 g/mol. The predicted molar refractivity (Wildman–Crippen MR) is 133 cm³/mol. The maximum atomic E-state index is 13.2. The molecule has 0 atom stereocenters. The monoisotopic (exact) mass is 455 g/mol. The van der Waals surface area contributed by atoms with Crippen molar-refractivity contribution in [2.45, 2.75) is 53.1 Å². The van der Waals surface area contributed by atoms with E-state index in [1.165, 1.54) is 11.8 Å². The van der Waals surface area contributed by atoms with E-state index in [1.54, 1.807) is 12.1 Å². The molecule has 2 aromatic carbocycles. The Labute approximate surface area is 198 Å². The van der Waals surface area contributed by atoms with Crippen molar-refractivity contribution >= 4 is 16.9 Å². The second kappa shape index (κ2) is 7.97. The Hall–Kier alpha value is -3.67. The highest BCUT2D eigenvalue weighted by Gasteiger charge is 2.28. The highest BCUT2D eigenvalue weighted by atomic mass is 16.3. The van der Waals surface area contributed by atoms with Gasteiger partial charge in [-0.05, 0) is 63.9 Å². The van der Waals surface area contributed by atoms with Crippen molar-refractivity contribution in [1.29, 1.82) is 0 Å². The van der Waals surface area contributed by atoms with Crippen molar-refractivity contribution in [2.75, 3.05) is 6.54 Å². The molecule has 0 saturated carbocycles. The van der Waals surface area contributed by atoms with E-state index < -0.39 is 0 Å². The number of benzene rings is 2. The summed E-state index contributed by atoms with van der Waals surface area (Å²) in [5.41, 5.74) is 6.12. The smallest absolute Gasteiger partial charge is 0.254 e. The van der Waals surface area contributed by atoms with Crippen molar-refractivity contribution < 1.29 is 9.21 Å². The van der Waals surface area contributed by atoms with Gasteiger partial charge in [0.25, 0.3) is 5.91 Å². The summed E-state index contributed by atoms with van der Waals surface area (Å²) in [4.78, 5) is 27.8. The molecule has 6 nitrogen and oxygen atoms in total. The van der Waals surface area contributed by atoms with E-state index >= 15 is 0 Å². The van der Waals surface area contributed by atoms with Gasteiger partial charge in [0.05, 0.1) is 17.1 Å². The Morgan fingerprint density at radius 2 is 1.79 bits per heavy atom. The summed E-state index contributed by atoms with van der Waals surface area (Å²) in [5.74, 6) is 0.493. The van der Waals surface area contributed by atoms with Gasteiger partial charge >= 0.3 is 0 Å². The summed E-state index contributed by atoms with van der Waals surface area (Å²) in [6.07, 6.45) is 2.67. The first-order valence-corrected chi connectivity index (χ1v) is 11.6. The maximum absolute atomic E-state index is 13.2. The SMILES string of the molecule is Cc1cc(C)c2oc(-c3ccc(C(=O)N4CCc5c(cnn5C(C)(C)C)C4)cc3)cc(=O)c2c1. The Morgan fingerprint density at radius 3 is 2.50 bits per heavy atom. The van der Waals surface area contributed by atoms with Crippen molar-refractivity contribution in [1.82, 2.24) is 14.7 Å². The summed E-state index contributed by atoms with van der Waals surface area (Å²) in [6, 6.07) is 12.7. The van der Waals surface area contributed by atoms with Gasteiger partial charge in [-0.15, -0.1) is 0 Å². The molecule has 3 heterocycles. The van der Waals surface area contributed by atoms with Crippen LogP contribution < -0.4 is 5.43 Å². The Bertz CT molecular complexity index is 1470. The first-order chi connectivity index (χ1) is 16.1. The number of aryl methyl sites for hydroxylation is 2.